The number of hydrogen-bond acceptors (Lipinski definition) is 7. The molecule has 0 bridgehead atoms. The molecule has 1 aromatic heterocycles. The average molecular weight is 328 g/mol. The first kappa shape index (κ1) is 16.6. The van der Waals surface area contributed by atoms with Crippen LogP contribution in [0.1, 0.15) is 28.8 Å². The zero-order chi connectivity index (χ0) is 16.9. The van der Waals surface area contributed by atoms with Gasteiger partial charge in [0.2, 0.25) is 5.89 Å². The predicted molar refractivity (Wildman–Crippen MR) is 84.8 cm³/mol. The molecule has 1 N–H and O–H groups in total. The first-order valence-corrected chi connectivity index (χ1v) is 7.87. The fourth-order valence-electron chi connectivity index (χ4n) is 3.10. The van der Waals surface area contributed by atoms with E-state index in [1.165, 1.54) is 0 Å². The lowest BCUT2D eigenvalue weighted by Crippen LogP contribution is -2.20. The van der Waals surface area contributed by atoms with Gasteiger partial charge in [0, 0.05) is 39.3 Å². The molecule has 0 unspecified atom stereocenters. The Morgan fingerprint density at radius 3 is 2.83 bits per heavy atom. The molecule has 0 radical (unpaired) electrons. The van der Waals surface area contributed by atoms with Gasteiger partial charge in [-0.2, -0.15) is 10.2 Å². The van der Waals surface area contributed by atoms with E-state index in [-0.39, 0.29) is 18.4 Å². The molecule has 2 aromatic rings. The molecule has 1 aliphatic heterocycles. The maximum atomic E-state index is 9.68. The number of aromatic nitrogens is 2. The molecule has 1 aromatic carbocycles. The van der Waals surface area contributed by atoms with Crippen molar-refractivity contribution in [1.82, 2.24) is 15.0 Å². The Morgan fingerprint density at radius 2 is 2.17 bits per heavy atom. The van der Waals surface area contributed by atoms with Crippen LogP contribution in [0.3, 0.4) is 0 Å². The maximum Gasteiger partial charge on any atom is 0.231 e. The highest BCUT2D eigenvalue weighted by Gasteiger charge is 2.37. The number of nitrogens with zero attached hydrogens (tertiary/aromatic N) is 4. The minimum Gasteiger partial charge on any atom is -0.396 e. The second kappa shape index (κ2) is 7.53. The molecule has 1 fully saturated rings. The molecule has 0 amide bonds. The minimum absolute atomic E-state index is 0.0199. The van der Waals surface area contributed by atoms with E-state index in [2.05, 4.69) is 21.1 Å². The number of benzene rings is 1. The Balaban J connectivity index is 1.67. The van der Waals surface area contributed by atoms with Crippen LogP contribution >= 0.6 is 0 Å². The summed E-state index contributed by atoms with van der Waals surface area (Å²) in [6.45, 7) is 2.67. The maximum absolute atomic E-state index is 9.68. The number of hydrogen-bond donors (Lipinski definition) is 1. The number of nitriles is 1. The summed E-state index contributed by atoms with van der Waals surface area (Å²) >= 11 is 0. The van der Waals surface area contributed by atoms with Crippen LogP contribution in [0.4, 0.5) is 0 Å². The fourth-order valence-corrected chi connectivity index (χ4v) is 3.10. The Labute approximate surface area is 140 Å². The van der Waals surface area contributed by atoms with Crippen LogP contribution in [0.5, 0.6) is 0 Å². The van der Waals surface area contributed by atoms with Gasteiger partial charge in [-0.15, -0.1) is 0 Å². The number of likely N-dealkylation sites (tertiary alicyclic amines) is 1. The van der Waals surface area contributed by atoms with Gasteiger partial charge in [0.05, 0.1) is 17.6 Å². The molecule has 7 nitrogen and oxygen atoms in total. The van der Waals surface area contributed by atoms with E-state index in [1.54, 1.807) is 7.11 Å². The summed E-state index contributed by atoms with van der Waals surface area (Å²) in [5.41, 5.74) is 1.79. The van der Waals surface area contributed by atoms with E-state index in [0.717, 1.165) is 25.2 Å². The van der Waals surface area contributed by atoms with E-state index in [1.807, 2.05) is 24.3 Å². The lowest BCUT2D eigenvalue weighted by molar-refractivity contribution is 0.174. The Bertz CT molecular complexity index is 707. The second-order valence-electron chi connectivity index (χ2n) is 6.03. The molecule has 2 heterocycles. The van der Waals surface area contributed by atoms with Gasteiger partial charge in [-0.05, 0) is 17.7 Å². The van der Waals surface area contributed by atoms with Crippen molar-refractivity contribution in [3.63, 3.8) is 0 Å². The van der Waals surface area contributed by atoms with Crippen molar-refractivity contribution in [2.24, 2.45) is 5.92 Å². The highest BCUT2D eigenvalue weighted by molar-refractivity contribution is 5.31. The lowest BCUT2D eigenvalue weighted by Gasteiger charge is -2.15. The molecule has 2 atom stereocenters. The van der Waals surface area contributed by atoms with Crippen molar-refractivity contribution in [3.05, 3.63) is 47.1 Å². The number of aliphatic hydroxyl groups is 1. The van der Waals surface area contributed by atoms with Crippen molar-refractivity contribution in [2.45, 2.75) is 19.1 Å². The topological polar surface area (TPSA) is 95.4 Å². The predicted octanol–water partition coefficient (Wildman–Crippen LogP) is 1.30. The summed E-state index contributed by atoms with van der Waals surface area (Å²) in [7, 11) is 1.58. The van der Waals surface area contributed by atoms with Gasteiger partial charge in [-0.1, -0.05) is 17.3 Å². The van der Waals surface area contributed by atoms with Gasteiger partial charge in [0.25, 0.3) is 0 Å². The molecule has 0 aliphatic carbocycles. The lowest BCUT2D eigenvalue weighted by atomic mass is 9.97. The van der Waals surface area contributed by atoms with Crippen LogP contribution in [0.25, 0.3) is 0 Å². The van der Waals surface area contributed by atoms with E-state index >= 15 is 0 Å². The number of methoxy groups -OCH3 is 1. The number of aliphatic hydroxyl groups excluding tert-OH is 1. The summed E-state index contributed by atoms with van der Waals surface area (Å²) in [5.74, 6) is 1.17. The highest BCUT2D eigenvalue weighted by atomic mass is 16.5. The Kier molecular flexibility index (Phi) is 5.20. The molecule has 7 heteroatoms. The standard InChI is InChI=1S/C17H20N4O3/c1-23-11-16-19-17(24-20-16)15-9-21(8-14(15)10-22)7-13-4-2-12(6-18)3-5-13/h2-5,14-15,22H,7-11H2,1H3/t14-,15+/m0/s1. The van der Waals surface area contributed by atoms with Crippen LogP contribution in [0.2, 0.25) is 0 Å². The number of ether oxygens (including phenoxy) is 1. The van der Waals surface area contributed by atoms with Gasteiger partial charge in [0.1, 0.15) is 6.61 Å². The summed E-state index contributed by atoms with van der Waals surface area (Å²) in [6.07, 6.45) is 0. The summed E-state index contributed by atoms with van der Waals surface area (Å²) in [5, 5.41) is 22.4. The van der Waals surface area contributed by atoms with Crippen LogP contribution in [0, 0.1) is 17.2 Å². The largest absolute Gasteiger partial charge is 0.396 e. The van der Waals surface area contributed by atoms with Crippen LogP contribution in [-0.4, -0.2) is 47.0 Å². The highest BCUT2D eigenvalue weighted by Crippen LogP contribution is 2.32. The van der Waals surface area contributed by atoms with Gasteiger partial charge in [0.15, 0.2) is 5.82 Å². The van der Waals surface area contributed by atoms with Crippen molar-refractivity contribution in [2.75, 3.05) is 26.8 Å². The average Bonchev–Trinajstić information content (AvgIpc) is 3.22. The first-order chi connectivity index (χ1) is 11.7. The van der Waals surface area contributed by atoms with Gasteiger partial charge >= 0.3 is 0 Å². The molecule has 0 saturated carbocycles. The molecule has 1 aliphatic rings. The minimum atomic E-state index is 0.0199. The molecule has 24 heavy (non-hydrogen) atoms. The summed E-state index contributed by atoms with van der Waals surface area (Å²) < 4.78 is 10.4. The first-order valence-electron chi connectivity index (χ1n) is 7.87. The van der Waals surface area contributed by atoms with Crippen molar-refractivity contribution in [3.8, 4) is 6.07 Å². The zero-order valence-corrected chi connectivity index (χ0v) is 13.6. The monoisotopic (exact) mass is 328 g/mol. The van der Waals surface area contributed by atoms with Crippen molar-refractivity contribution < 1.29 is 14.4 Å². The van der Waals surface area contributed by atoms with Gasteiger partial charge in [-0.25, -0.2) is 0 Å². The van der Waals surface area contributed by atoms with Crippen LogP contribution in [-0.2, 0) is 17.9 Å². The normalized spacial score (nSPS) is 21.0. The molecular weight excluding hydrogens is 308 g/mol. The summed E-state index contributed by atoms with van der Waals surface area (Å²) in [4.78, 5) is 6.62. The third kappa shape index (κ3) is 3.62. The van der Waals surface area contributed by atoms with Crippen LogP contribution in [0.15, 0.2) is 28.8 Å². The second-order valence-corrected chi connectivity index (χ2v) is 6.03. The van der Waals surface area contributed by atoms with Crippen molar-refractivity contribution >= 4 is 0 Å². The quantitative estimate of drug-likeness (QED) is 0.853. The Morgan fingerprint density at radius 1 is 1.38 bits per heavy atom. The third-order valence-corrected chi connectivity index (χ3v) is 4.31. The molecule has 3 rings (SSSR count). The molecule has 126 valence electrons. The van der Waals surface area contributed by atoms with Gasteiger partial charge in [-0.3, -0.25) is 4.90 Å². The zero-order valence-electron chi connectivity index (χ0n) is 13.6. The smallest absolute Gasteiger partial charge is 0.231 e. The molecule has 1 saturated heterocycles. The number of rotatable bonds is 6. The van der Waals surface area contributed by atoms with E-state index in [0.29, 0.717) is 23.9 Å². The van der Waals surface area contributed by atoms with Crippen LogP contribution < -0.4 is 0 Å². The summed E-state index contributed by atoms with van der Waals surface area (Å²) in [6, 6.07) is 9.69. The van der Waals surface area contributed by atoms with Gasteiger partial charge < -0.3 is 14.4 Å². The molecule has 0 spiro atoms. The van der Waals surface area contributed by atoms with E-state index < -0.39 is 0 Å². The van der Waals surface area contributed by atoms with E-state index in [9.17, 15) is 5.11 Å². The van der Waals surface area contributed by atoms with Crippen molar-refractivity contribution in [1.29, 1.82) is 5.26 Å². The fraction of sp³-hybridized carbons (Fsp3) is 0.471. The Hall–Kier alpha value is -2.27. The molecular formula is C17H20N4O3. The third-order valence-electron chi connectivity index (χ3n) is 4.31. The SMILES string of the molecule is COCc1noc([C@@H]2CN(Cc3ccc(C#N)cc3)C[C@H]2CO)n1. The van der Waals surface area contributed by atoms with E-state index in [4.69, 9.17) is 14.5 Å².